The highest BCUT2D eigenvalue weighted by molar-refractivity contribution is 7.13. The van der Waals surface area contributed by atoms with Crippen molar-refractivity contribution in [3.8, 4) is 5.19 Å². The molecule has 5 nitrogen and oxygen atoms in total. The van der Waals surface area contributed by atoms with Gasteiger partial charge in [0.25, 0.3) is 5.19 Å². The lowest BCUT2D eigenvalue weighted by atomic mass is 10.3. The van der Waals surface area contributed by atoms with Gasteiger partial charge in [0.2, 0.25) is 0 Å². The van der Waals surface area contributed by atoms with E-state index in [1.54, 1.807) is 6.20 Å². The average molecular weight is 228 g/mol. The van der Waals surface area contributed by atoms with Gasteiger partial charge in [0.1, 0.15) is 6.10 Å². The Morgan fingerprint density at radius 1 is 1.80 bits per heavy atom. The summed E-state index contributed by atoms with van der Waals surface area (Å²) in [6.45, 7) is 2.95. The number of hydrogen-bond acceptors (Lipinski definition) is 4. The van der Waals surface area contributed by atoms with Crippen LogP contribution in [0, 0.1) is 6.92 Å². The molecule has 0 unspecified atom stereocenters. The van der Waals surface area contributed by atoms with Crippen molar-refractivity contribution < 1.29 is 14.6 Å². The molecule has 0 bridgehead atoms. The number of ether oxygens (including phenoxy) is 1. The van der Waals surface area contributed by atoms with E-state index in [1.165, 1.54) is 16.2 Å². The quantitative estimate of drug-likeness (QED) is 0.834. The molecule has 0 radical (unpaired) electrons. The Balaban J connectivity index is 1.90. The number of aromatic nitrogens is 1. The van der Waals surface area contributed by atoms with E-state index in [2.05, 4.69) is 4.98 Å². The fourth-order valence-electron chi connectivity index (χ4n) is 1.53. The minimum absolute atomic E-state index is 0.0494. The van der Waals surface area contributed by atoms with Crippen LogP contribution in [-0.2, 0) is 0 Å². The third-order valence-electron chi connectivity index (χ3n) is 2.28. The predicted molar refractivity (Wildman–Crippen MR) is 55.5 cm³/mol. The van der Waals surface area contributed by atoms with Crippen molar-refractivity contribution in [3.63, 3.8) is 0 Å². The number of nitrogens with zero attached hydrogens (tertiary/aromatic N) is 2. The Hall–Kier alpha value is -1.30. The number of rotatable bonds is 2. The summed E-state index contributed by atoms with van der Waals surface area (Å²) in [7, 11) is 0. The van der Waals surface area contributed by atoms with Gasteiger partial charge in [0.05, 0.1) is 6.54 Å². The van der Waals surface area contributed by atoms with E-state index in [4.69, 9.17) is 9.84 Å². The fraction of sp³-hybridized carbons (Fsp3) is 0.556. The maximum Gasteiger partial charge on any atom is 0.407 e. The topological polar surface area (TPSA) is 62.7 Å². The first-order valence-electron chi connectivity index (χ1n) is 4.72. The molecule has 1 aliphatic rings. The maximum atomic E-state index is 10.7. The van der Waals surface area contributed by atoms with Crippen LogP contribution in [0.4, 0.5) is 4.79 Å². The maximum absolute atomic E-state index is 10.7. The highest BCUT2D eigenvalue weighted by Crippen LogP contribution is 2.23. The second kappa shape index (κ2) is 4.06. The van der Waals surface area contributed by atoms with Crippen molar-refractivity contribution in [2.24, 2.45) is 0 Å². The zero-order chi connectivity index (χ0) is 10.8. The zero-order valence-electron chi connectivity index (χ0n) is 8.34. The summed E-state index contributed by atoms with van der Waals surface area (Å²) < 4.78 is 5.58. The first kappa shape index (κ1) is 10.2. The van der Waals surface area contributed by atoms with Crippen LogP contribution in [0.5, 0.6) is 5.19 Å². The third kappa shape index (κ3) is 2.38. The van der Waals surface area contributed by atoms with Crippen molar-refractivity contribution in [2.45, 2.75) is 19.4 Å². The summed E-state index contributed by atoms with van der Waals surface area (Å²) in [5.74, 6) is 0. The van der Waals surface area contributed by atoms with Crippen LogP contribution in [0.15, 0.2) is 6.20 Å². The Morgan fingerprint density at radius 3 is 3.13 bits per heavy atom. The SMILES string of the molecule is Cc1cnc(O[C@@H]2CCN(C(=O)O)C2)s1. The van der Waals surface area contributed by atoms with E-state index < -0.39 is 6.09 Å². The van der Waals surface area contributed by atoms with Crippen LogP contribution < -0.4 is 4.74 Å². The molecule has 0 aliphatic carbocycles. The van der Waals surface area contributed by atoms with E-state index in [0.717, 1.165) is 11.3 Å². The monoisotopic (exact) mass is 228 g/mol. The number of hydrogen-bond donors (Lipinski definition) is 1. The summed E-state index contributed by atoms with van der Waals surface area (Å²) in [6.07, 6.45) is 1.57. The summed E-state index contributed by atoms with van der Waals surface area (Å²) >= 11 is 1.48. The van der Waals surface area contributed by atoms with Gasteiger partial charge in [-0.15, -0.1) is 0 Å². The first-order valence-corrected chi connectivity index (χ1v) is 5.54. The highest BCUT2D eigenvalue weighted by atomic mass is 32.1. The Morgan fingerprint density at radius 2 is 2.60 bits per heavy atom. The molecule has 1 saturated heterocycles. The largest absolute Gasteiger partial charge is 0.465 e. The summed E-state index contributed by atoms with van der Waals surface area (Å²) in [5, 5.41) is 9.39. The minimum Gasteiger partial charge on any atom is -0.465 e. The van der Waals surface area contributed by atoms with Crippen molar-refractivity contribution >= 4 is 17.4 Å². The molecule has 1 fully saturated rings. The van der Waals surface area contributed by atoms with Gasteiger partial charge in [-0.25, -0.2) is 9.78 Å². The second-order valence-electron chi connectivity index (χ2n) is 3.49. The lowest BCUT2D eigenvalue weighted by molar-refractivity contribution is 0.145. The molecule has 0 spiro atoms. The number of thiazole rings is 1. The average Bonchev–Trinajstić information content (AvgIpc) is 2.76. The number of aryl methyl sites for hydroxylation is 1. The highest BCUT2D eigenvalue weighted by Gasteiger charge is 2.27. The molecular weight excluding hydrogens is 216 g/mol. The Bertz CT molecular complexity index is 366. The van der Waals surface area contributed by atoms with Crippen LogP contribution in [0.3, 0.4) is 0 Å². The molecule has 1 atom stereocenters. The Kier molecular flexibility index (Phi) is 2.77. The number of carbonyl (C=O) groups is 1. The molecule has 2 heterocycles. The van der Waals surface area contributed by atoms with Crippen LogP contribution in [0.25, 0.3) is 0 Å². The normalized spacial score (nSPS) is 20.6. The van der Waals surface area contributed by atoms with Gasteiger partial charge < -0.3 is 14.7 Å². The molecule has 1 N–H and O–H groups in total. The van der Waals surface area contributed by atoms with Crippen LogP contribution >= 0.6 is 11.3 Å². The molecule has 82 valence electrons. The van der Waals surface area contributed by atoms with Crippen molar-refractivity contribution in [3.05, 3.63) is 11.1 Å². The summed E-state index contributed by atoms with van der Waals surface area (Å²) in [6, 6.07) is 0. The first-order chi connectivity index (χ1) is 7.15. The molecule has 2 rings (SSSR count). The molecule has 6 heteroatoms. The van der Waals surface area contributed by atoms with Gasteiger partial charge in [0, 0.05) is 24.0 Å². The molecule has 0 aromatic carbocycles. The molecule has 15 heavy (non-hydrogen) atoms. The summed E-state index contributed by atoms with van der Waals surface area (Å²) in [5.41, 5.74) is 0. The van der Waals surface area contributed by atoms with E-state index in [1.807, 2.05) is 6.92 Å². The van der Waals surface area contributed by atoms with Crippen LogP contribution in [0.1, 0.15) is 11.3 Å². The van der Waals surface area contributed by atoms with Crippen molar-refractivity contribution in [2.75, 3.05) is 13.1 Å². The number of carboxylic acid groups (broad SMARTS) is 1. The van der Waals surface area contributed by atoms with E-state index in [-0.39, 0.29) is 6.10 Å². The van der Waals surface area contributed by atoms with Crippen molar-refractivity contribution in [1.29, 1.82) is 0 Å². The van der Waals surface area contributed by atoms with E-state index >= 15 is 0 Å². The lowest BCUT2D eigenvalue weighted by Crippen LogP contribution is -2.29. The Labute approximate surface area is 91.3 Å². The van der Waals surface area contributed by atoms with E-state index in [0.29, 0.717) is 18.3 Å². The molecular formula is C9H12N2O3S. The van der Waals surface area contributed by atoms with Crippen LogP contribution in [0.2, 0.25) is 0 Å². The predicted octanol–water partition coefficient (Wildman–Crippen LogP) is 1.58. The van der Waals surface area contributed by atoms with Crippen LogP contribution in [-0.4, -0.2) is 40.3 Å². The van der Waals surface area contributed by atoms with Gasteiger partial charge in [0.15, 0.2) is 0 Å². The molecule has 1 aliphatic heterocycles. The van der Waals surface area contributed by atoms with E-state index in [9.17, 15) is 4.79 Å². The smallest absolute Gasteiger partial charge is 0.407 e. The molecule has 0 saturated carbocycles. The fourth-order valence-corrected chi connectivity index (χ4v) is 2.20. The van der Waals surface area contributed by atoms with Gasteiger partial charge in [-0.3, -0.25) is 0 Å². The third-order valence-corrected chi connectivity index (χ3v) is 3.09. The van der Waals surface area contributed by atoms with Gasteiger partial charge >= 0.3 is 6.09 Å². The van der Waals surface area contributed by atoms with Gasteiger partial charge in [-0.1, -0.05) is 11.3 Å². The molecule has 1 aromatic rings. The van der Waals surface area contributed by atoms with Gasteiger partial charge in [-0.05, 0) is 6.92 Å². The second-order valence-corrected chi connectivity index (χ2v) is 4.69. The molecule has 1 amide bonds. The molecule has 1 aromatic heterocycles. The summed E-state index contributed by atoms with van der Waals surface area (Å²) in [4.78, 5) is 17.2. The lowest BCUT2D eigenvalue weighted by Gasteiger charge is -2.12. The van der Waals surface area contributed by atoms with Gasteiger partial charge in [-0.2, -0.15) is 0 Å². The standard InChI is InChI=1S/C9H12N2O3S/c1-6-4-10-8(15-6)14-7-2-3-11(5-7)9(12)13/h4,7H,2-3,5H2,1H3,(H,12,13)/t7-/m1/s1. The number of amides is 1. The van der Waals surface area contributed by atoms with Crippen molar-refractivity contribution in [1.82, 2.24) is 9.88 Å². The zero-order valence-corrected chi connectivity index (χ0v) is 9.16. The number of likely N-dealkylation sites (tertiary alicyclic amines) is 1. The minimum atomic E-state index is -0.878.